The largest absolute Gasteiger partial charge is 0.497 e. The second-order valence-corrected chi connectivity index (χ2v) is 7.88. The molecule has 1 N–H and O–H groups in total. The molecule has 2 aromatic carbocycles. The Morgan fingerprint density at radius 2 is 1.79 bits per heavy atom. The van der Waals surface area contributed by atoms with Gasteiger partial charge in [0.15, 0.2) is 0 Å². The van der Waals surface area contributed by atoms with Crippen LogP contribution in [0.15, 0.2) is 48.5 Å². The minimum Gasteiger partial charge on any atom is -0.497 e. The Morgan fingerprint density at radius 1 is 1.03 bits per heavy atom. The Balaban J connectivity index is 1.56. The minimum atomic E-state index is -0.315. The van der Waals surface area contributed by atoms with Gasteiger partial charge in [-0.05, 0) is 55.5 Å². The predicted molar refractivity (Wildman–Crippen MR) is 110 cm³/mol. The summed E-state index contributed by atoms with van der Waals surface area (Å²) in [4.78, 5) is 39.8. The smallest absolute Gasteiger partial charge is 0.255 e. The van der Waals surface area contributed by atoms with Crippen LogP contribution in [0, 0.1) is 17.8 Å². The number of fused-ring (bicyclic) bond motifs is 1. The summed E-state index contributed by atoms with van der Waals surface area (Å²) in [6, 6.07) is 13.7. The van der Waals surface area contributed by atoms with Gasteiger partial charge in [0.1, 0.15) is 5.75 Å². The maximum atomic E-state index is 12.9. The molecule has 2 aromatic rings. The number of nitrogens with zero attached hydrogens (tertiary/aromatic N) is 1. The zero-order valence-electron chi connectivity index (χ0n) is 16.6. The van der Waals surface area contributed by atoms with Gasteiger partial charge in [0.05, 0.1) is 24.6 Å². The van der Waals surface area contributed by atoms with Crippen molar-refractivity contribution in [2.45, 2.75) is 26.2 Å². The number of carbonyl (C=O) groups is 3. The van der Waals surface area contributed by atoms with Crippen molar-refractivity contribution in [1.82, 2.24) is 0 Å². The highest BCUT2D eigenvalue weighted by Gasteiger charge is 2.50. The van der Waals surface area contributed by atoms with Crippen molar-refractivity contribution < 1.29 is 19.1 Å². The van der Waals surface area contributed by atoms with Crippen LogP contribution in [0.5, 0.6) is 5.75 Å². The van der Waals surface area contributed by atoms with Crippen molar-refractivity contribution in [1.29, 1.82) is 0 Å². The number of hydrogen-bond acceptors (Lipinski definition) is 4. The quantitative estimate of drug-likeness (QED) is 0.802. The molecule has 2 aliphatic rings. The highest BCUT2D eigenvalue weighted by Crippen LogP contribution is 2.42. The molecular formula is C23H24N2O4. The Hall–Kier alpha value is -3.15. The fraction of sp³-hybridized carbons (Fsp3) is 0.348. The lowest BCUT2D eigenvalue weighted by Gasteiger charge is -2.25. The first-order chi connectivity index (χ1) is 14.0. The van der Waals surface area contributed by atoms with Crippen LogP contribution in [0.4, 0.5) is 11.4 Å². The van der Waals surface area contributed by atoms with Gasteiger partial charge in [-0.25, -0.2) is 0 Å². The molecule has 1 aliphatic carbocycles. The van der Waals surface area contributed by atoms with Gasteiger partial charge in [-0.2, -0.15) is 0 Å². The average Bonchev–Trinajstić information content (AvgIpc) is 2.98. The van der Waals surface area contributed by atoms with E-state index in [9.17, 15) is 14.4 Å². The van der Waals surface area contributed by atoms with Crippen LogP contribution in [0.1, 0.15) is 36.5 Å². The molecule has 4 rings (SSSR count). The fourth-order valence-electron chi connectivity index (χ4n) is 4.33. The van der Waals surface area contributed by atoms with Crippen molar-refractivity contribution in [3.63, 3.8) is 0 Å². The number of nitrogens with one attached hydrogen (secondary N) is 1. The molecule has 29 heavy (non-hydrogen) atoms. The predicted octanol–water partition coefficient (Wildman–Crippen LogP) is 3.87. The zero-order valence-corrected chi connectivity index (χ0v) is 16.6. The molecule has 0 aromatic heterocycles. The van der Waals surface area contributed by atoms with Crippen LogP contribution < -0.4 is 15.0 Å². The van der Waals surface area contributed by atoms with Crippen molar-refractivity contribution in [3.8, 4) is 5.75 Å². The SMILES string of the molecule is COc1cccc(NC(=O)c2cccc(N3C(=O)[C@H]4C[C@H](C)CC[C@H]4C3=O)c2)c1. The molecule has 0 spiro atoms. The number of ether oxygens (including phenoxy) is 1. The Bertz CT molecular complexity index is 971. The summed E-state index contributed by atoms with van der Waals surface area (Å²) in [7, 11) is 1.56. The van der Waals surface area contributed by atoms with Crippen LogP contribution in [0.25, 0.3) is 0 Å². The van der Waals surface area contributed by atoms with Gasteiger partial charge in [0, 0.05) is 17.3 Å². The molecule has 1 heterocycles. The lowest BCUT2D eigenvalue weighted by atomic mass is 9.76. The standard InChI is InChI=1S/C23H24N2O4/c1-14-9-10-19-20(11-14)23(28)25(22(19)27)17-7-3-5-15(12-17)21(26)24-16-6-4-8-18(13-16)29-2/h3-8,12-14,19-20H,9-11H2,1-2H3,(H,24,26)/t14-,19-,20+/m1/s1. The maximum Gasteiger partial charge on any atom is 0.255 e. The maximum absolute atomic E-state index is 12.9. The summed E-state index contributed by atoms with van der Waals surface area (Å²) in [5.74, 6) is 0.0300. The first-order valence-electron chi connectivity index (χ1n) is 9.91. The van der Waals surface area contributed by atoms with E-state index in [2.05, 4.69) is 12.2 Å². The van der Waals surface area contributed by atoms with Crippen molar-refractivity contribution in [2.75, 3.05) is 17.3 Å². The Kier molecular flexibility index (Phi) is 5.09. The Labute approximate surface area is 169 Å². The molecule has 1 aliphatic heterocycles. The van der Waals surface area contributed by atoms with Crippen LogP contribution in [-0.2, 0) is 9.59 Å². The molecule has 150 valence electrons. The second-order valence-electron chi connectivity index (χ2n) is 7.88. The average molecular weight is 392 g/mol. The third-order valence-electron chi connectivity index (χ3n) is 5.88. The van der Waals surface area contributed by atoms with Crippen LogP contribution in [0.2, 0.25) is 0 Å². The van der Waals surface area contributed by atoms with Gasteiger partial charge >= 0.3 is 0 Å². The normalized spacial score (nSPS) is 23.7. The first-order valence-corrected chi connectivity index (χ1v) is 9.91. The van der Waals surface area contributed by atoms with E-state index in [1.807, 2.05) is 0 Å². The summed E-state index contributed by atoms with van der Waals surface area (Å²) < 4.78 is 5.17. The highest BCUT2D eigenvalue weighted by molar-refractivity contribution is 6.22. The van der Waals surface area contributed by atoms with Crippen molar-refractivity contribution in [3.05, 3.63) is 54.1 Å². The lowest BCUT2D eigenvalue weighted by Crippen LogP contribution is -2.31. The number of benzene rings is 2. The van der Waals surface area contributed by atoms with E-state index >= 15 is 0 Å². The number of imide groups is 1. The number of amides is 3. The zero-order chi connectivity index (χ0) is 20.5. The second kappa shape index (κ2) is 7.70. The molecule has 3 atom stereocenters. The third-order valence-corrected chi connectivity index (χ3v) is 5.88. The highest BCUT2D eigenvalue weighted by atomic mass is 16.5. The summed E-state index contributed by atoms with van der Waals surface area (Å²) in [6.07, 6.45) is 2.47. The van der Waals surface area contributed by atoms with Crippen LogP contribution in [0.3, 0.4) is 0 Å². The van der Waals surface area contributed by atoms with E-state index in [1.165, 1.54) is 4.90 Å². The molecule has 2 fully saturated rings. The van der Waals surface area contributed by atoms with E-state index in [-0.39, 0.29) is 29.6 Å². The minimum absolute atomic E-state index is 0.141. The third kappa shape index (κ3) is 3.62. The van der Waals surface area contributed by atoms with Gasteiger partial charge in [0.25, 0.3) is 5.91 Å². The number of methoxy groups -OCH3 is 1. The topological polar surface area (TPSA) is 75.7 Å². The van der Waals surface area contributed by atoms with E-state index in [4.69, 9.17) is 4.74 Å². The van der Waals surface area contributed by atoms with E-state index < -0.39 is 0 Å². The summed E-state index contributed by atoms with van der Waals surface area (Å²) in [5.41, 5.74) is 1.45. The molecule has 3 amide bonds. The fourth-order valence-corrected chi connectivity index (χ4v) is 4.33. The van der Waals surface area contributed by atoms with E-state index in [0.717, 1.165) is 19.3 Å². The first kappa shape index (κ1) is 19.2. The molecule has 1 saturated carbocycles. The summed E-state index contributed by atoms with van der Waals surface area (Å²) >= 11 is 0. The summed E-state index contributed by atoms with van der Waals surface area (Å²) in [5, 5.41) is 2.82. The van der Waals surface area contributed by atoms with E-state index in [0.29, 0.717) is 28.6 Å². The molecule has 0 unspecified atom stereocenters. The van der Waals surface area contributed by atoms with Crippen molar-refractivity contribution >= 4 is 29.1 Å². The molecular weight excluding hydrogens is 368 g/mol. The molecule has 6 heteroatoms. The number of rotatable bonds is 4. The van der Waals surface area contributed by atoms with Gasteiger partial charge in [-0.3, -0.25) is 19.3 Å². The van der Waals surface area contributed by atoms with Gasteiger partial charge in [0.2, 0.25) is 11.8 Å². The monoisotopic (exact) mass is 392 g/mol. The van der Waals surface area contributed by atoms with Gasteiger partial charge < -0.3 is 10.1 Å². The molecule has 1 saturated heterocycles. The number of hydrogen-bond donors (Lipinski definition) is 1. The number of carbonyl (C=O) groups excluding carboxylic acids is 3. The van der Waals surface area contributed by atoms with Crippen LogP contribution >= 0.6 is 0 Å². The molecule has 0 radical (unpaired) electrons. The van der Waals surface area contributed by atoms with Gasteiger partial charge in [-0.15, -0.1) is 0 Å². The summed E-state index contributed by atoms with van der Waals surface area (Å²) in [6.45, 7) is 2.13. The van der Waals surface area contributed by atoms with Crippen LogP contribution in [-0.4, -0.2) is 24.8 Å². The Morgan fingerprint density at radius 3 is 2.59 bits per heavy atom. The van der Waals surface area contributed by atoms with Crippen molar-refractivity contribution in [2.24, 2.45) is 17.8 Å². The number of anilines is 2. The molecule has 6 nitrogen and oxygen atoms in total. The molecule has 0 bridgehead atoms. The van der Waals surface area contributed by atoms with Gasteiger partial charge in [-0.1, -0.05) is 19.1 Å². The lowest BCUT2D eigenvalue weighted by molar-refractivity contribution is -0.122. The van der Waals surface area contributed by atoms with E-state index in [1.54, 1.807) is 55.6 Å².